The van der Waals surface area contributed by atoms with Gasteiger partial charge in [0.15, 0.2) is 0 Å². The van der Waals surface area contributed by atoms with Crippen LogP contribution in [0, 0.1) is 0 Å². The summed E-state index contributed by atoms with van der Waals surface area (Å²) in [5.41, 5.74) is 2.80. The lowest BCUT2D eigenvalue weighted by atomic mass is 10.0. The maximum atomic E-state index is 12.1. The van der Waals surface area contributed by atoms with Gasteiger partial charge in [0.25, 0.3) is 0 Å². The fourth-order valence-electron chi connectivity index (χ4n) is 2.85. The molecule has 1 aliphatic heterocycles. The van der Waals surface area contributed by atoms with Crippen molar-refractivity contribution in [2.45, 2.75) is 38.8 Å². The van der Waals surface area contributed by atoms with E-state index < -0.39 is 0 Å². The second kappa shape index (κ2) is 6.78. The van der Waals surface area contributed by atoms with E-state index in [1.165, 1.54) is 0 Å². The second-order valence-corrected chi connectivity index (χ2v) is 6.17. The zero-order chi connectivity index (χ0) is 17.1. The van der Waals surface area contributed by atoms with Crippen LogP contribution in [-0.2, 0) is 17.6 Å². The smallest absolute Gasteiger partial charge is 0.315 e. The van der Waals surface area contributed by atoms with Gasteiger partial charge >= 0.3 is 6.03 Å². The Bertz CT molecular complexity index is 740. The number of rotatable bonds is 5. The van der Waals surface area contributed by atoms with Gasteiger partial charge in [-0.3, -0.25) is 4.79 Å². The van der Waals surface area contributed by atoms with Crippen LogP contribution < -0.4 is 16.0 Å². The Morgan fingerprint density at radius 2 is 2.12 bits per heavy atom. The van der Waals surface area contributed by atoms with E-state index in [4.69, 9.17) is 4.42 Å². The molecule has 1 aliphatic rings. The molecule has 0 radical (unpaired) electrons. The molecule has 2 heterocycles. The van der Waals surface area contributed by atoms with E-state index in [0.29, 0.717) is 12.8 Å². The quantitative estimate of drug-likeness (QED) is 0.789. The van der Waals surface area contributed by atoms with Gasteiger partial charge in [-0.05, 0) is 43.2 Å². The molecule has 3 N–H and O–H groups in total. The van der Waals surface area contributed by atoms with Gasteiger partial charge in [0.1, 0.15) is 5.76 Å². The zero-order valence-electron chi connectivity index (χ0n) is 13.8. The second-order valence-electron chi connectivity index (χ2n) is 6.17. The first-order valence-electron chi connectivity index (χ1n) is 8.03. The standard InChI is InChI=1S/C18H21N3O3/c1-11(8-15-4-3-7-24-15)19-18(23)20-12(2)13-5-6-16-14(9-13)10-17(22)21-16/h3-7,9,11-12H,8,10H2,1-2H3,(H,21,22)(H2,19,20,23). The Kier molecular flexibility index (Phi) is 4.55. The van der Waals surface area contributed by atoms with Crippen molar-refractivity contribution in [1.29, 1.82) is 0 Å². The van der Waals surface area contributed by atoms with Crippen LogP contribution in [0.4, 0.5) is 10.5 Å². The molecule has 126 valence electrons. The van der Waals surface area contributed by atoms with Crippen molar-refractivity contribution in [2.24, 2.45) is 0 Å². The molecule has 6 nitrogen and oxygen atoms in total. The molecule has 0 fully saturated rings. The van der Waals surface area contributed by atoms with Crippen LogP contribution >= 0.6 is 0 Å². The molecule has 1 aromatic heterocycles. The van der Waals surface area contributed by atoms with Crippen LogP contribution in [0.1, 0.15) is 36.8 Å². The van der Waals surface area contributed by atoms with Gasteiger partial charge in [-0.15, -0.1) is 0 Å². The predicted molar refractivity (Wildman–Crippen MR) is 90.7 cm³/mol. The monoisotopic (exact) mass is 327 g/mol. The molecule has 6 heteroatoms. The molecule has 0 aliphatic carbocycles. The topological polar surface area (TPSA) is 83.4 Å². The van der Waals surface area contributed by atoms with Crippen molar-refractivity contribution < 1.29 is 14.0 Å². The number of furan rings is 1. The molecule has 3 amide bonds. The average Bonchev–Trinajstić information content (AvgIpc) is 3.13. The minimum absolute atomic E-state index is 0.00672. The van der Waals surface area contributed by atoms with Gasteiger partial charge in [-0.2, -0.15) is 0 Å². The van der Waals surface area contributed by atoms with Crippen LogP contribution in [0.3, 0.4) is 0 Å². The number of hydrogen-bond acceptors (Lipinski definition) is 3. The van der Waals surface area contributed by atoms with Gasteiger partial charge in [0, 0.05) is 18.2 Å². The van der Waals surface area contributed by atoms with Crippen molar-refractivity contribution in [2.75, 3.05) is 5.32 Å². The van der Waals surface area contributed by atoms with Crippen molar-refractivity contribution >= 4 is 17.6 Å². The summed E-state index contributed by atoms with van der Waals surface area (Å²) in [7, 11) is 0. The summed E-state index contributed by atoms with van der Waals surface area (Å²) in [6, 6.07) is 9.07. The third-order valence-corrected chi connectivity index (χ3v) is 4.07. The maximum Gasteiger partial charge on any atom is 0.315 e. The van der Waals surface area contributed by atoms with E-state index in [1.54, 1.807) is 6.26 Å². The molecule has 24 heavy (non-hydrogen) atoms. The maximum absolute atomic E-state index is 12.1. The molecule has 0 spiro atoms. The number of carbonyl (C=O) groups excluding carboxylic acids is 2. The highest BCUT2D eigenvalue weighted by molar-refractivity contribution is 5.99. The van der Waals surface area contributed by atoms with E-state index >= 15 is 0 Å². The Labute approximate surface area is 140 Å². The largest absolute Gasteiger partial charge is 0.469 e. The Balaban J connectivity index is 1.54. The number of benzene rings is 1. The van der Waals surface area contributed by atoms with E-state index in [2.05, 4.69) is 16.0 Å². The first-order chi connectivity index (χ1) is 11.5. The van der Waals surface area contributed by atoms with Gasteiger partial charge < -0.3 is 20.4 Å². The van der Waals surface area contributed by atoms with Gasteiger partial charge in [0.05, 0.1) is 18.7 Å². The highest BCUT2D eigenvalue weighted by atomic mass is 16.3. The number of anilines is 1. The highest BCUT2D eigenvalue weighted by Crippen LogP contribution is 2.26. The predicted octanol–water partition coefficient (Wildman–Crippen LogP) is 2.77. The zero-order valence-corrected chi connectivity index (χ0v) is 13.8. The third kappa shape index (κ3) is 3.76. The fraction of sp³-hybridized carbons (Fsp3) is 0.333. The van der Waals surface area contributed by atoms with Crippen molar-refractivity contribution in [1.82, 2.24) is 10.6 Å². The normalized spacial score (nSPS) is 15.3. The molecule has 0 saturated carbocycles. The first kappa shape index (κ1) is 16.1. The van der Waals surface area contributed by atoms with Crippen LogP contribution in [0.15, 0.2) is 41.0 Å². The first-order valence-corrected chi connectivity index (χ1v) is 8.03. The van der Waals surface area contributed by atoms with Crippen LogP contribution in [0.2, 0.25) is 0 Å². The number of nitrogens with one attached hydrogen (secondary N) is 3. The molecule has 3 rings (SSSR count). The lowest BCUT2D eigenvalue weighted by Gasteiger charge is -2.18. The van der Waals surface area contributed by atoms with E-state index in [0.717, 1.165) is 22.6 Å². The fourth-order valence-corrected chi connectivity index (χ4v) is 2.85. The van der Waals surface area contributed by atoms with Gasteiger partial charge in [-0.25, -0.2) is 4.79 Å². The number of hydrogen-bond donors (Lipinski definition) is 3. The Morgan fingerprint density at radius 3 is 2.88 bits per heavy atom. The summed E-state index contributed by atoms with van der Waals surface area (Å²) >= 11 is 0. The molecular formula is C18H21N3O3. The summed E-state index contributed by atoms with van der Waals surface area (Å²) < 4.78 is 5.28. The number of amides is 3. The molecule has 0 bridgehead atoms. The minimum Gasteiger partial charge on any atom is -0.469 e. The lowest BCUT2D eigenvalue weighted by Crippen LogP contribution is -2.42. The summed E-state index contributed by atoms with van der Waals surface area (Å²) in [6.07, 6.45) is 2.65. The minimum atomic E-state index is -0.226. The van der Waals surface area contributed by atoms with E-state index in [-0.39, 0.29) is 24.0 Å². The summed E-state index contributed by atoms with van der Waals surface area (Å²) in [4.78, 5) is 23.5. The molecule has 1 aromatic carbocycles. The van der Waals surface area contributed by atoms with Crippen molar-refractivity contribution in [3.8, 4) is 0 Å². The van der Waals surface area contributed by atoms with Gasteiger partial charge in [0.2, 0.25) is 5.91 Å². The third-order valence-electron chi connectivity index (χ3n) is 4.07. The summed E-state index contributed by atoms with van der Waals surface area (Å²) in [5, 5.41) is 8.63. The molecule has 2 aromatic rings. The molecule has 0 saturated heterocycles. The SMILES string of the molecule is CC(Cc1ccco1)NC(=O)NC(C)c1ccc2c(c1)CC(=O)N2. The van der Waals surface area contributed by atoms with Crippen LogP contribution in [0.5, 0.6) is 0 Å². The highest BCUT2D eigenvalue weighted by Gasteiger charge is 2.19. The van der Waals surface area contributed by atoms with Crippen LogP contribution in [-0.4, -0.2) is 18.0 Å². The average molecular weight is 327 g/mol. The number of fused-ring (bicyclic) bond motifs is 1. The molecule has 2 unspecified atom stereocenters. The van der Waals surface area contributed by atoms with Gasteiger partial charge in [-0.1, -0.05) is 12.1 Å². The van der Waals surface area contributed by atoms with Crippen molar-refractivity contribution in [3.63, 3.8) is 0 Å². The van der Waals surface area contributed by atoms with E-state index in [1.807, 2.05) is 44.2 Å². The summed E-state index contributed by atoms with van der Waals surface area (Å²) in [6.45, 7) is 3.85. The molecule has 2 atom stereocenters. The molecular weight excluding hydrogens is 306 g/mol. The summed E-state index contributed by atoms with van der Waals surface area (Å²) in [5.74, 6) is 0.846. The number of carbonyl (C=O) groups is 2. The van der Waals surface area contributed by atoms with E-state index in [9.17, 15) is 9.59 Å². The Hall–Kier alpha value is -2.76. The number of urea groups is 1. The Morgan fingerprint density at radius 1 is 1.29 bits per heavy atom. The van der Waals surface area contributed by atoms with Crippen molar-refractivity contribution in [3.05, 3.63) is 53.5 Å². The van der Waals surface area contributed by atoms with Crippen LogP contribution in [0.25, 0.3) is 0 Å². The lowest BCUT2D eigenvalue weighted by molar-refractivity contribution is -0.115.